The molecule has 0 radical (unpaired) electrons. The Balaban J connectivity index is 0.00000848. The molecule has 0 aliphatic carbocycles. The maximum Gasteiger partial charge on any atom is 0.229 e. The first-order chi connectivity index (χ1) is 43.8. The molecule has 4 heterocycles. The van der Waals surface area contributed by atoms with Crippen LogP contribution in [0.2, 0.25) is 0 Å². The van der Waals surface area contributed by atoms with Crippen molar-refractivity contribution < 1.29 is 37.1 Å². The number of fused-ring (bicyclic) bond motifs is 8. The fraction of sp³-hybridized carbons (Fsp3) is 0.247. The molecule has 0 spiro atoms. The molecule has 0 N–H and O–H groups in total. The molecular weight excluding hydrogens is 1270 g/mol. The Kier molecular flexibility index (Phi) is 13.5. The predicted molar refractivity (Wildman–Crippen MR) is 368 cm³/mol. The van der Waals surface area contributed by atoms with E-state index in [2.05, 4.69) is 232 Å². The quantitative estimate of drug-likeness (QED) is 0.142. The Hall–Kier alpha value is -8.69. The number of anilines is 4. The summed E-state index contributed by atoms with van der Waals surface area (Å²) in [6, 6.07) is 55.4. The van der Waals surface area contributed by atoms with Crippen molar-refractivity contribution in [3.05, 3.63) is 240 Å². The number of rotatable bonds is 8. The number of furan rings is 1. The van der Waals surface area contributed by atoms with E-state index in [1.54, 1.807) is 6.07 Å². The van der Waals surface area contributed by atoms with E-state index in [0.29, 0.717) is 51.1 Å². The molecule has 12 aromatic rings. The van der Waals surface area contributed by atoms with Gasteiger partial charge in [0, 0.05) is 83.2 Å². The second-order valence-electron chi connectivity index (χ2n) is 28.6. The molecule has 0 fully saturated rings. The van der Waals surface area contributed by atoms with Crippen LogP contribution in [-0.4, -0.2) is 9.55 Å². The number of ether oxygens (including phenoxy) is 1. The Bertz CT molecular complexity index is 5020. The van der Waals surface area contributed by atoms with E-state index in [1.807, 2.05) is 55.3 Å². The zero-order chi connectivity index (χ0) is 66.3. The largest absolute Gasteiger partial charge is 0.509 e. The van der Waals surface area contributed by atoms with Gasteiger partial charge in [-0.15, -0.1) is 48.3 Å². The number of benzene rings is 9. The van der Waals surface area contributed by atoms with E-state index >= 15 is 0 Å². The summed E-state index contributed by atoms with van der Waals surface area (Å²) < 4.78 is 61.7. The van der Waals surface area contributed by atoms with Gasteiger partial charge >= 0.3 is 0 Å². The van der Waals surface area contributed by atoms with E-state index in [0.717, 1.165) is 94.0 Å². The second-order valence-corrected chi connectivity index (χ2v) is 28.6. The second kappa shape index (κ2) is 22.1. The number of aromatic nitrogens is 2. The molecule has 0 atom stereocenters. The molecule has 0 saturated carbocycles. The first-order valence-corrected chi connectivity index (χ1v) is 30.3. The van der Waals surface area contributed by atoms with Crippen molar-refractivity contribution in [2.45, 2.75) is 131 Å². The van der Waals surface area contributed by atoms with Crippen LogP contribution in [0.25, 0.3) is 87.8 Å². The monoisotopic (exact) mass is 1350 g/mol. The molecular formula is C81H76N5O2Pt-3. The van der Waals surface area contributed by atoms with Crippen molar-refractivity contribution in [2.24, 2.45) is 0 Å². The van der Waals surface area contributed by atoms with Crippen LogP contribution < -0.4 is 14.5 Å². The van der Waals surface area contributed by atoms with Gasteiger partial charge < -0.3 is 23.5 Å². The summed E-state index contributed by atoms with van der Waals surface area (Å²) in [5.74, 6) is 1.57. The molecule has 450 valence electrons. The maximum atomic E-state index is 9.48. The summed E-state index contributed by atoms with van der Waals surface area (Å²) in [7, 11) is 0. The zero-order valence-corrected chi connectivity index (χ0v) is 55.7. The van der Waals surface area contributed by atoms with E-state index in [4.69, 9.17) is 24.8 Å². The summed E-state index contributed by atoms with van der Waals surface area (Å²) >= 11 is 0. The first-order valence-electron chi connectivity index (χ1n) is 32.8. The third-order valence-corrected chi connectivity index (χ3v) is 17.2. The van der Waals surface area contributed by atoms with Gasteiger partial charge in [-0.05, 0) is 113 Å². The average molecular weight is 1350 g/mol. The number of hydrogen-bond donors (Lipinski definition) is 0. The maximum absolute atomic E-state index is 9.48. The summed E-state index contributed by atoms with van der Waals surface area (Å²) in [5.41, 5.74) is 15.0. The van der Waals surface area contributed by atoms with Crippen molar-refractivity contribution in [2.75, 3.05) is 9.80 Å². The molecule has 0 unspecified atom stereocenters. The molecule has 89 heavy (non-hydrogen) atoms. The summed E-state index contributed by atoms with van der Waals surface area (Å²) in [6.45, 7) is 43.4. The van der Waals surface area contributed by atoms with Gasteiger partial charge in [0.05, 0.1) is 13.4 Å². The molecule has 13 rings (SSSR count). The van der Waals surface area contributed by atoms with E-state index < -0.39 is 18.1 Å². The Morgan fingerprint density at radius 2 is 1.15 bits per heavy atom. The van der Waals surface area contributed by atoms with Crippen LogP contribution in [0, 0.1) is 25.4 Å². The van der Waals surface area contributed by atoms with Crippen LogP contribution in [0.1, 0.15) is 139 Å². The molecule has 0 saturated heterocycles. The van der Waals surface area contributed by atoms with Gasteiger partial charge in [-0.1, -0.05) is 230 Å². The van der Waals surface area contributed by atoms with E-state index in [9.17, 15) is 2.74 Å². The van der Waals surface area contributed by atoms with Gasteiger partial charge in [0.15, 0.2) is 0 Å². The van der Waals surface area contributed by atoms with Crippen LogP contribution in [0.4, 0.5) is 28.4 Å². The minimum atomic E-state index is -0.455. The Labute approximate surface area is 547 Å². The van der Waals surface area contributed by atoms with Crippen molar-refractivity contribution in [1.29, 1.82) is 0 Å². The number of hydrogen-bond acceptors (Lipinski definition) is 5. The number of nitrogens with zero attached hydrogens (tertiary/aromatic N) is 5. The fourth-order valence-electron chi connectivity index (χ4n) is 12.5. The third-order valence-electron chi connectivity index (χ3n) is 17.2. The van der Waals surface area contributed by atoms with Crippen molar-refractivity contribution in [3.8, 4) is 50.7 Å². The van der Waals surface area contributed by atoms with Gasteiger partial charge in [0.25, 0.3) is 0 Å². The van der Waals surface area contributed by atoms with Crippen LogP contribution in [0.5, 0.6) is 11.5 Å². The van der Waals surface area contributed by atoms with E-state index in [-0.39, 0.29) is 65.8 Å². The molecule has 8 heteroatoms. The molecule has 7 nitrogen and oxygen atoms in total. The summed E-state index contributed by atoms with van der Waals surface area (Å²) in [5, 5.41) is 3.51. The SMILES string of the molecule is [2H]c1c([2H])c([2H])c(-c2cccc(-c3cc(C(C)(C)C)cc(C(C)(C)C)c3)c2N2[CH-]N(c3[c-]c(Oc4[c-]c5c(cc4)c4c6oc7c([N+]#[C-])cccc7c6ccc4n5-c4cc(C(C)(C)C)ccn4)cc(-c4c(C(C)(C)C)cccc4C(C)(C)C)c3)c3ccccc32)c([2H])c1[2H].[Pt]. The van der Waals surface area contributed by atoms with E-state index in [1.165, 1.54) is 0 Å². The van der Waals surface area contributed by atoms with Gasteiger partial charge in [-0.25, -0.2) is 9.83 Å². The molecule has 1 aliphatic heterocycles. The van der Waals surface area contributed by atoms with Crippen molar-refractivity contribution in [3.63, 3.8) is 0 Å². The minimum Gasteiger partial charge on any atom is -0.509 e. The summed E-state index contributed by atoms with van der Waals surface area (Å²) in [6.07, 6.45) is 1.86. The number of pyridine rings is 1. The normalized spacial score (nSPS) is 13.9. The molecule has 1 aliphatic rings. The molecule has 3 aromatic heterocycles. The Morgan fingerprint density at radius 1 is 0.539 bits per heavy atom. The topological polar surface area (TPSA) is 51.0 Å². The first kappa shape index (κ1) is 54.5. The predicted octanol–water partition coefficient (Wildman–Crippen LogP) is 22.9. The molecule has 9 aromatic carbocycles. The standard InChI is InChI=1S/C81H76N5O2.Pt/c1-77(2,3)53-39-40-83-71(46-53)86-69-38-37-62-61-29-23-32-66(82-16)75(61)88-76(62)73(69)63-36-35-57(48-70(63)86)87-58-44-52(72-64(80(10,11)12)30-24-31-65(72)81(13,14)15)43-56(47-58)84-49-85(68-34-21-20-33-67(68)84)74-59(50-25-18-17-19-26-50)27-22-28-60(74)51-41-54(78(4,5)6)45-55(42-51)79(7,8)9;/h17-46,49H,1-15H3;/q-3;/i17D,18D,19D,25D,26D;. The van der Waals surface area contributed by atoms with Crippen molar-refractivity contribution >= 4 is 72.2 Å². The minimum absolute atomic E-state index is 0. The molecule has 0 amide bonds. The smallest absolute Gasteiger partial charge is 0.229 e. The zero-order valence-electron chi connectivity index (χ0n) is 58.4. The fourth-order valence-corrected chi connectivity index (χ4v) is 12.5. The Morgan fingerprint density at radius 3 is 1.79 bits per heavy atom. The van der Waals surface area contributed by atoms with Gasteiger partial charge in [-0.2, -0.15) is 6.07 Å². The van der Waals surface area contributed by atoms with Crippen LogP contribution in [0.15, 0.2) is 186 Å². The van der Waals surface area contributed by atoms with Gasteiger partial charge in [-0.3, -0.25) is 0 Å². The van der Waals surface area contributed by atoms with Gasteiger partial charge in [0.2, 0.25) is 5.69 Å². The van der Waals surface area contributed by atoms with Crippen LogP contribution in [0.3, 0.4) is 0 Å². The average Bonchev–Trinajstić information content (AvgIpc) is 1.58. The molecule has 0 bridgehead atoms. The van der Waals surface area contributed by atoms with Crippen LogP contribution >= 0.6 is 0 Å². The summed E-state index contributed by atoms with van der Waals surface area (Å²) in [4.78, 5) is 13.1. The number of para-hydroxylation sites is 4. The van der Waals surface area contributed by atoms with Gasteiger partial charge in [0.1, 0.15) is 17.0 Å². The van der Waals surface area contributed by atoms with Crippen LogP contribution in [-0.2, 0) is 48.1 Å². The third kappa shape index (κ3) is 10.9. The van der Waals surface area contributed by atoms with Crippen molar-refractivity contribution in [1.82, 2.24) is 9.55 Å².